The van der Waals surface area contributed by atoms with Crippen molar-refractivity contribution in [3.63, 3.8) is 0 Å². The molecule has 1 nitrogen and oxygen atoms in total. The van der Waals surface area contributed by atoms with Crippen LogP contribution in [0.1, 0.15) is 0 Å². The van der Waals surface area contributed by atoms with Gasteiger partial charge in [-0.15, -0.1) is 0 Å². The first kappa shape index (κ1) is 31.4. The first-order chi connectivity index (χ1) is 0. The van der Waals surface area contributed by atoms with Crippen LogP contribution in [0.15, 0.2) is 0 Å². The van der Waals surface area contributed by atoms with Crippen LogP contribution in [0.5, 0.6) is 0 Å². The minimum absolute atomic E-state index is 0. The summed E-state index contributed by atoms with van der Waals surface area (Å²) in [5.41, 5.74) is 0. The van der Waals surface area contributed by atoms with Crippen LogP contribution in [0.25, 0.3) is 0 Å². The molecule has 0 rings (SSSR count). The summed E-state index contributed by atoms with van der Waals surface area (Å²) in [6.45, 7) is 0. The van der Waals surface area contributed by atoms with E-state index in [9.17, 15) is 0 Å². The summed E-state index contributed by atoms with van der Waals surface area (Å²) in [6.07, 6.45) is 0. The second-order valence-corrected chi connectivity index (χ2v) is 0. The Bertz CT molecular complexity index is 8.00. The topological polar surface area (TPSA) is 30.0 Å². The zero-order valence-corrected chi connectivity index (χ0v) is 4.90. The van der Waals surface area contributed by atoms with Crippen LogP contribution >= 0.6 is 0 Å². The maximum atomic E-state index is 0. The van der Waals surface area contributed by atoms with E-state index >= 15 is 0 Å². The van der Waals surface area contributed by atoms with Gasteiger partial charge >= 0.3 is 60.8 Å². The van der Waals surface area contributed by atoms with Gasteiger partial charge in [-0.1, -0.05) is 0 Å². The molecule has 0 aromatic carbocycles. The molecule has 4 heteroatoms. The second kappa shape index (κ2) is 17.8. The molecule has 0 heterocycles. The van der Waals surface area contributed by atoms with Crippen LogP contribution in [0, 0.1) is 0 Å². The molecule has 0 aromatic rings. The van der Waals surface area contributed by atoms with E-state index in [0.717, 1.165) is 0 Å². The zero-order chi connectivity index (χ0) is 0. The van der Waals surface area contributed by atoms with Crippen LogP contribution in [0.3, 0.4) is 0 Å². The standard InChI is InChI=1S/Ca.Fe.Mg.H2O.3H/h;;;1H2;;;/q;;+1;;;;/p-1. The molecule has 0 fully saturated rings. The zero-order valence-electron chi connectivity index (χ0n) is 1.80. The van der Waals surface area contributed by atoms with E-state index in [1.165, 1.54) is 0 Å². The van der Waals surface area contributed by atoms with Gasteiger partial charge in [0.25, 0.3) is 0 Å². The van der Waals surface area contributed by atoms with Crippen LogP contribution < -0.4 is 0 Å². The average Bonchev–Trinajstić information content (AvgIpc) is 0. The van der Waals surface area contributed by atoms with E-state index in [1.54, 1.807) is 0 Å². The Morgan fingerprint density at radius 3 is 1.00 bits per heavy atom. The van der Waals surface area contributed by atoms with E-state index in [2.05, 4.69) is 0 Å². The smallest absolute Gasteiger partial charge is 0.870 e. The predicted molar refractivity (Wildman–Crippen MR) is 17.6 cm³/mol. The molecule has 0 atom stereocenters. The Morgan fingerprint density at radius 1 is 1.00 bits per heavy atom. The Kier molecular flexibility index (Phi) is 140. The molecule has 0 amide bonds. The summed E-state index contributed by atoms with van der Waals surface area (Å²) in [5, 5.41) is 0. The molecular formula is H4CaFeMgO. The van der Waals surface area contributed by atoms with Crippen LogP contribution in [0.4, 0.5) is 0 Å². The molecular weight excluding hydrogens is 136 g/mol. The summed E-state index contributed by atoms with van der Waals surface area (Å²) in [6, 6.07) is 0. The number of hydrogen-bond donors (Lipinski definition) is 0. The van der Waals surface area contributed by atoms with Crippen LogP contribution in [-0.2, 0) is 17.1 Å². The molecule has 0 radical (unpaired) electrons. The summed E-state index contributed by atoms with van der Waals surface area (Å²) in [7, 11) is 0. The van der Waals surface area contributed by atoms with Crippen molar-refractivity contribution in [2.24, 2.45) is 0 Å². The van der Waals surface area contributed by atoms with Gasteiger partial charge in [0.15, 0.2) is 0 Å². The van der Waals surface area contributed by atoms with Gasteiger partial charge in [-0.3, -0.25) is 0 Å². The molecule has 0 unspecified atom stereocenters. The van der Waals surface area contributed by atoms with Crippen molar-refractivity contribution >= 4 is 60.8 Å². The summed E-state index contributed by atoms with van der Waals surface area (Å²) in [4.78, 5) is 0. The third kappa shape index (κ3) is 8.82. The summed E-state index contributed by atoms with van der Waals surface area (Å²) < 4.78 is 0. The molecule has 0 saturated carbocycles. The average molecular weight is 140 g/mol. The Hall–Kier alpha value is 2.51. The van der Waals surface area contributed by atoms with Gasteiger partial charge in [0.1, 0.15) is 0 Å². The normalized spacial score (nSPS) is 0. The fraction of sp³-hybridized carbons (Fsp3) is 0. The third-order valence-corrected chi connectivity index (χ3v) is 0. The number of rotatable bonds is 0. The maximum Gasteiger partial charge on any atom is -0.870 e. The Labute approximate surface area is 81.8 Å². The second-order valence-electron chi connectivity index (χ2n) is 0. The first-order valence-electron chi connectivity index (χ1n) is 0. The van der Waals surface area contributed by atoms with Crippen molar-refractivity contribution < 1.29 is 22.5 Å². The summed E-state index contributed by atoms with van der Waals surface area (Å²) in [5.74, 6) is 0. The number of hydrogen-bond acceptors (Lipinski definition) is 1. The molecule has 0 saturated heterocycles. The molecule has 1 N–H and O–H groups in total. The SMILES string of the molecule is [CaH2].[Fe].[MgH+].[OH-]. The van der Waals surface area contributed by atoms with E-state index in [0.29, 0.717) is 0 Å². The molecule has 0 aliphatic carbocycles. The third-order valence-electron chi connectivity index (χ3n) is 0. The van der Waals surface area contributed by atoms with Crippen molar-refractivity contribution in [3.8, 4) is 0 Å². The van der Waals surface area contributed by atoms with Gasteiger partial charge in [0.05, 0.1) is 0 Å². The van der Waals surface area contributed by atoms with E-state index < -0.39 is 0 Å². The Morgan fingerprint density at radius 2 is 1.00 bits per heavy atom. The van der Waals surface area contributed by atoms with Gasteiger partial charge in [-0.2, -0.15) is 0 Å². The van der Waals surface area contributed by atoms with Gasteiger partial charge in [-0.05, 0) is 0 Å². The van der Waals surface area contributed by atoms with Gasteiger partial charge < -0.3 is 5.48 Å². The molecule has 0 bridgehead atoms. The fourth-order valence-corrected chi connectivity index (χ4v) is 0. The molecule has 22 valence electrons. The molecule has 0 aliphatic heterocycles. The summed E-state index contributed by atoms with van der Waals surface area (Å²) >= 11 is 0. The van der Waals surface area contributed by atoms with Crippen molar-refractivity contribution in [1.29, 1.82) is 0 Å². The van der Waals surface area contributed by atoms with E-state index in [-0.39, 0.29) is 83.3 Å². The first-order valence-corrected chi connectivity index (χ1v) is 0. The quantitative estimate of drug-likeness (QED) is 0.367. The minimum Gasteiger partial charge on any atom is -0.870 e. The van der Waals surface area contributed by atoms with E-state index in [1.807, 2.05) is 0 Å². The van der Waals surface area contributed by atoms with Gasteiger partial charge in [0, 0.05) is 17.1 Å². The van der Waals surface area contributed by atoms with Crippen LogP contribution in [0.2, 0.25) is 0 Å². The van der Waals surface area contributed by atoms with Crippen molar-refractivity contribution in [2.75, 3.05) is 0 Å². The minimum atomic E-state index is 0. The molecule has 4 heavy (non-hydrogen) atoms. The van der Waals surface area contributed by atoms with Crippen LogP contribution in [-0.4, -0.2) is 66.3 Å². The molecule has 0 aliphatic rings. The fourth-order valence-electron chi connectivity index (χ4n) is 0. The van der Waals surface area contributed by atoms with Gasteiger partial charge in [0.2, 0.25) is 0 Å². The van der Waals surface area contributed by atoms with Crippen molar-refractivity contribution in [1.82, 2.24) is 0 Å². The maximum absolute atomic E-state index is 0. The van der Waals surface area contributed by atoms with Crippen molar-refractivity contribution in [3.05, 3.63) is 0 Å². The molecule has 0 aromatic heterocycles. The van der Waals surface area contributed by atoms with E-state index in [4.69, 9.17) is 0 Å². The molecule has 0 spiro atoms. The Balaban J connectivity index is 0. The monoisotopic (exact) mass is 140 g/mol. The predicted octanol–water partition coefficient (Wildman–Crippen LogP) is -1.74. The largest absolute Gasteiger partial charge is 0.870 e. The van der Waals surface area contributed by atoms with Gasteiger partial charge in [-0.25, -0.2) is 0 Å². The van der Waals surface area contributed by atoms with Crippen molar-refractivity contribution in [2.45, 2.75) is 0 Å².